The van der Waals surface area contributed by atoms with Crippen LogP contribution < -0.4 is 10.2 Å². The predicted molar refractivity (Wildman–Crippen MR) is 136 cm³/mol. The summed E-state index contributed by atoms with van der Waals surface area (Å²) >= 11 is 12.6. The molecule has 0 unspecified atom stereocenters. The highest BCUT2D eigenvalue weighted by Crippen LogP contribution is 2.32. The number of hydrazine groups is 1. The zero-order valence-electron chi connectivity index (χ0n) is 17.6. The van der Waals surface area contributed by atoms with Crippen molar-refractivity contribution in [3.05, 3.63) is 105 Å². The van der Waals surface area contributed by atoms with Gasteiger partial charge in [0, 0.05) is 16.1 Å². The number of amides is 2. The Morgan fingerprint density at radius 1 is 1.09 bits per heavy atom. The Hall–Kier alpha value is -3.13. The number of halogens is 1. The molecule has 0 radical (unpaired) electrons. The third-order valence-corrected chi connectivity index (χ3v) is 6.52. The van der Waals surface area contributed by atoms with Gasteiger partial charge in [-0.2, -0.15) is 5.01 Å². The first-order chi connectivity index (χ1) is 15.9. The van der Waals surface area contributed by atoms with Gasteiger partial charge in [-0.3, -0.25) is 15.0 Å². The number of ether oxygens (including phenoxy) is 1. The van der Waals surface area contributed by atoms with Crippen molar-refractivity contribution in [1.29, 1.82) is 0 Å². The summed E-state index contributed by atoms with van der Waals surface area (Å²) in [5.74, 6) is -0.0814. The number of nitrogens with one attached hydrogen (secondary N) is 1. The predicted octanol–water partition coefficient (Wildman–Crippen LogP) is 5.77. The first kappa shape index (κ1) is 23.0. The first-order valence-corrected chi connectivity index (χ1v) is 11.6. The van der Waals surface area contributed by atoms with E-state index in [0.29, 0.717) is 27.8 Å². The number of carbonyl (C=O) groups is 2. The van der Waals surface area contributed by atoms with E-state index in [9.17, 15) is 9.59 Å². The summed E-state index contributed by atoms with van der Waals surface area (Å²) in [5, 5.41) is 1.76. The molecule has 2 amide bonds. The summed E-state index contributed by atoms with van der Waals surface area (Å²) in [5.41, 5.74) is 5.79. The Bertz CT molecular complexity index is 1240. The maximum atomic E-state index is 12.8. The fourth-order valence-corrected chi connectivity index (χ4v) is 4.39. The minimum Gasteiger partial charge on any atom is -0.489 e. The molecule has 4 rings (SSSR count). The Morgan fingerprint density at radius 3 is 2.48 bits per heavy atom. The molecule has 0 aliphatic carbocycles. The van der Waals surface area contributed by atoms with E-state index in [0.717, 1.165) is 33.5 Å². The third kappa shape index (κ3) is 5.63. The van der Waals surface area contributed by atoms with Gasteiger partial charge in [0.1, 0.15) is 12.4 Å². The van der Waals surface area contributed by atoms with E-state index in [2.05, 4.69) is 5.43 Å². The highest BCUT2D eigenvalue weighted by Gasteiger charge is 2.33. The van der Waals surface area contributed by atoms with Crippen LogP contribution >= 0.6 is 35.6 Å². The van der Waals surface area contributed by atoms with E-state index in [1.54, 1.807) is 18.2 Å². The van der Waals surface area contributed by atoms with Gasteiger partial charge in [-0.05, 0) is 61.1 Å². The van der Waals surface area contributed by atoms with E-state index in [-0.39, 0.29) is 10.2 Å². The van der Waals surface area contributed by atoms with Crippen molar-refractivity contribution in [3.8, 4) is 5.75 Å². The molecule has 1 fully saturated rings. The molecule has 1 heterocycles. The number of carbonyl (C=O) groups excluding carboxylic acids is 2. The molecule has 0 spiro atoms. The fraction of sp³-hybridized carbons (Fsp3) is 0.0800. The summed E-state index contributed by atoms with van der Waals surface area (Å²) in [4.78, 5) is 25.7. The van der Waals surface area contributed by atoms with Crippen LogP contribution in [0, 0.1) is 6.92 Å². The lowest BCUT2D eigenvalue weighted by molar-refractivity contribution is -0.123. The standard InChI is InChI=1S/C25H19ClN2O3S2/c1-16-6-10-18(11-7-16)23(29)27-28-24(30)22(33-25(28)32)14-17-8-12-20(13-9-17)31-15-19-4-2-3-5-21(19)26/h2-14H,15H2,1H3,(H,27,29)/b22-14-. The monoisotopic (exact) mass is 494 g/mol. The van der Waals surface area contributed by atoms with Crippen LogP contribution in [0.2, 0.25) is 5.02 Å². The average molecular weight is 495 g/mol. The summed E-state index contributed by atoms with van der Waals surface area (Å²) in [6, 6.07) is 21.9. The van der Waals surface area contributed by atoms with Gasteiger partial charge in [-0.15, -0.1) is 0 Å². The van der Waals surface area contributed by atoms with Crippen molar-refractivity contribution in [1.82, 2.24) is 10.4 Å². The summed E-state index contributed by atoms with van der Waals surface area (Å²) in [7, 11) is 0. The van der Waals surface area contributed by atoms with Crippen molar-refractivity contribution >= 4 is 57.8 Å². The van der Waals surface area contributed by atoms with E-state index in [1.165, 1.54) is 0 Å². The van der Waals surface area contributed by atoms with Crippen LogP contribution in [-0.4, -0.2) is 21.1 Å². The third-order valence-electron chi connectivity index (χ3n) is 4.85. The van der Waals surface area contributed by atoms with Gasteiger partial charge in [-0.25, -0.2) is 0 Å². The second-order valence-corrected chi connectivity index (χ2v) is 9.36. The maximum absolute atomic E-state index is 12.8. The van der Waals surface area contributed by atoms with Crippen LogP contribution in [0.3, 0.4) is 0 Å². The summed E-state index contributed by atoms with van der Waals surface area (Å²) in [6.45, 7) is 2.30. The Kier molecular flexibility index (Phi) is 7.13. The Labute approximate surface area is 206 Å². The highest BCUT2D eigenvalue weighted by molar-refractivity contribution is 8.26. The van der Waals surface area contributed by atoms with Crippen LogP contribution in [0.1, 0.15) is 27.0 Å². The van der Waals surface area contributed by atoms with Crippen molar-refractivity contribution < 1.29 is 14.3 Å². The number of hydrogen-bond donors (Lipinski definition) is 1. The lowest BCUT2D eigenvalue weighted by Crippen LogP contribution is -2.44. The number of benzene rings is 3. The fourth-order valence-electron chi connectivity index (χ4n) is 3.02. The molecule has 1 N–H and O–H groups in total. The number of thiocarbonyl (C=S) groups is 1. The molecule has 166 valence electrons. The van der Waals surface area contributed by atoms with Gasteiger partial charge in [0.2, 0.25) is 0 Å². The van der Waals surface area contributed by atoms with E-state index >= 15 is 0 Å². The summed E-state index contributed by atoms with van der Waals surface area (Å²) < 4.78 is 6.06. The number of nitrogens with zero attached hydrogens (tertiary/aromatic N) is 1. The molecule has 5 nitrogen and oxygen atoms in total. The lowest BCUT2D eigenvalue weighted by atomic mass is 10.1. The molecule has 1 aliphatic rings. The van der Waals surface area contributed by atoms with Crippen LogP contribution in [-0.2, 0) is 11.4 Å². The van der Waals surface area contributed by atoms with Crippen LogP contribution in [0.15, 0.2) is 77.7 Å². The number of thioether (sulfide) groups is 1. The van der Waals surface area contributed by atoms with Gasteiger partial charge in [0.05, 0.1) is 4.91 Å². The van der Waals surface area contributed by atoms with Crippen molar-refractivity contribution in [2.24, 2.45) is 0 Å². The molecule has 8 heteroatoms. The molecule has 0 atom stereocenters. The molecule has 33 heavy (non-hydrogen) atoms. The van der Waals surface area contributed by atoms with Crippen molar-refractivity contribution in [3.63, 3.8) is 0 Å². The largest absolute Gasteiger partial charge is 0.489 e. The quantitative estimate of drug-likeness (QED) is 0.348. The van der Waals surface area contributed by atoms with Crippen LogP contribution in [0.5, 0.6) is 5.75 Å². The molecule has 0 aromatic heterocycles. The Balaban J connectivity index is 1.40. The lowest BCUT2D eigenvalue weighted by Gasteiger charge is -2.15. The molecule has 0 saturated carbocycles. The van der Waals surface area contributed by atoms with Gasteiger partial charge in [-0.1, -0.05) is 71.4 Å². The molecular weight excluding hydrogens is 476 g/mol. The van der Waals surface area contributed by atoms with Gasteiger partial charge < -0.3 is 4.74 Å². The first-order valence-electron chi connectivity index (χ1n) is 10.0. The van der Waals surface area contributed by atoms with Crippen LogP contribution in [0.4, 0.5) is 0 Å². The molecule has 0 bridgehead atoms. The molecular formula is C25H19ClN2O3S2. The topological polar surface area (TPSA) is 58.6 Å². The summed E-state index contributed by atoms with van der Waals surface area (Å²) in [6.07, 6.45) is 1.73. The SMILES string of the molecule is Cc1ccc(C(=O)NN2C(=O)/C(=C/c3ccc(OCc4ccccc4Cl)cc3)SC2=S)cc1. The van der Waals surface area contributed by atoms with E-state index in [4.69, 9.17) is 28.6 Å². The van der Waals surface area contributed by atoms with Gasteiger partial charge >= 0.3 is 0 Å². The average Bonchev–Trinajstić information content (AvgIpc) is 3.07. The van der Waals surface area contributed by atoms with Crippen LogP contribution in [0.25, 0.3) is 6.08 Å². The molecule has 3 aromatic rings. The number of aryl methyl sites for hydroxylation is 1. The van der Waals surface area contributed by atoms with Gasteiger partial charge in [0.25, 0.3) is 11.8 Å². The molecule has 1 aliphatic heterocycles. The maximum Gasteiger partial charge on any atom is 0.285 e. The number of hydrogen-bond acceptors (Lipinski definition) is 5. The smallest absolute Gasteiger partial charge is 0.285 e. The van der Waals surface area contributed by atoms with Gasteiger partial charge in [0.15, 0.2) is 4.32 Å². The zero-order chi connectivity index (χ0) is 23.4. The normalized spacial score (nSPS) is 14.6. The van der Waals surface area contributed by atoms with Crippen molar-refractivity contribution in [2.45, 2.75) is 13.5 Å². The Morgan fingerprint density at radius 2 is 1.79 bits per heavy atom. The minimum absolute atomic E-state index is 0.270. The van der Waals surface area contributed by atoms with Crippen molar-refractivity contribution in [2.75, 3.05) is 0 Å². The molecule has 1 saturated heterocycles. The van der Waals surface area contributed by atoms with E-state index < -0.39 is 5.91 Å². The zero-order valence-corrected chi connectivity index (χ0v) is 20.0. The van der Waals surface area contributed by atoms with E-state index in [1.807, 2.05) is 67.6 Å². The highest BCUT2D eigenvalue weighted by atomic mass is 35.5. The second kappa shape index (κ2) is 10.2. The second-order valence-electron chi connectivity index (χ2n) is 7.27. The molecule has 3 aromatic carbocycles. The number of rotatable bonds is 6. The minimum atomic E-state index is -0.396.